The van der Waals surface area contributed by atoms with Gasteiger partial charge in [-0.1, -0.05) is 48.0 Å². The van der Waals surface area contributed by atoms with E-state index in [4.69, 9.17) is 4.98 Å². The van der Waals surface area contributed by atoms with E-state index < -0.39 is 0 Å². The van der Waals surface area contributed by atoms with E-state index in [-0.39, 0.29) is 11.9 Å². The number of carbonyl (C=O) groups is 1. The van der Waals surface area contributed by atoms with Gasteiger partial charge in [0.05, 0.1) is 22.7 Å². The van der Waals surface area contributed by atoms with Crippen LogP contribution in [0.25, 0.3) is 22.0 Å². The number of anilines is 1. The second-order valence-electron chi connectivity index (χ2n) is 11.4. The van der Waals surface area contributed by atoms with Crippen molar-refractivity contribution in [3.63, 3.8) is 0 Å². The molecule has 0 saturated carbocycles. The molecule has 1 amide bonds. The van der Waals surface area contributed by atoms with Crippen LogP contribution in [0.3, 0.4) is 0 Å². The zero-order valence-electron chi connectivity index (χ0n) is 23.8. The van der Waals surface area contributed by atoms with Gasteiger partial charge >= 0.3 is 0 Å². The molecule has 0 radical (unpaired) electrons. The lowest BCUT2D eigenvalue weighted by atomic mass is 9.99. The maximum absolute atomic E-state index is 14.3. The number of hydrogen-bond acceptors (Lipinski definition) is 5. The maximum Gasteiger partial charge on any atom is 0.254 e. The van der Waals surface area contributed by atoms with Crippen molar-refractivity contribution in [2.24, 2.45) is 0 Å². The summed E-state index contributed by atoms with van der Waals surface area (Å²) >= 11 is 0. The summed E-state index contributed by atoms with van der Waals surface area (Å²) < 4.78 is 0. The van der Waals surface area contributed by atoms with Crippen LogP contribution in [0.1, 0.15) is 52.7 Å². The summed E-state index contributed by atoms with van der Waals surface area (Å²) in [5.74, 6) is 0.826. The molecule has 2 aliphatic rings. The number of nitrogens with one attached hydrogen (secondary N) is 1. The fourth-order valence-corrected chi connectivity index (χ4v) is 6.21. The van der Waals surface area contributed by atoms with Gasteiger partial charge < -0.3 is 15.1 Å². The first kappa shape index (κ1) is 27.0. The van der Waals surface area contributed by atoms with Gasteiger partial charge in [-0.3, -0.25) is 4.79 Å². The van der Waals surface area contributed by atoms with E-state index in [2.05, 4.69) is 58.4 Å². The Labute approximate surface area is 242 Å². The van der Waals surface area contributed by atoms with Crippen molar-refractivity contribution in [2.45, 2.75) is 45.1 Å². The Morgan fingerprint density at radius 3 is 2.46 bits per heavy atom. The number of amides is 1. The second-order valence-corrected chi connectivity index (χ2v) is 11.4. The molecule has 0 spiro atoms. The van der Waals surface area contributed by atoms with Crippen molar-refractivity contribution in [3.05, 3.63) is 95.1 Å². The molecular weight excluding hydrogens is 506 g/mol. The molecule has 3 heterocycles. The number of aromatic nitrogens is 1. The Hall–Kier alpha value is -4.21. The van der Waals surface area contributed by atoms with Gasteiger partial charge in [-0.2, -0.15) is 5.26 Å². The second kappa shape index (κ2) is 12.1. The van der Waals surface area contributed by atoms with Crippen LogP contribution >= 0.6 is 0 Å². The highest BCUT2D eigenvalue weighted by Crippen LogP contribution is 2.31. The Morgan fingerprint density at radius 2 is 1.71 bits per heavy atom. The van der Waals surface area contributed by atoms with Crippen LogP contribution in [0.2, 0.25) is 0 Å². The molecule has 1 atom stereocenters. The van der Waals surface area contributed by atoms with E-state index in [0.29, 0.717) is 11.1 Å². The van der Waals surface area contributed by atoms with Gasteiger partial charge in [0, 0.05) is 31.1 Å². The molecule has 1 N–H and O–H groups in total. The number of likely N-dealkylation sites (tertiary alicyclic amines) is 2. The molecule has 208 valence electrons. The number of carbonyl (C=O) groups excluding carboxylic acids is 1. The predicted octanol–water partition coefficient (Wildman–Crippen LogP) is 6.44. The summed E-state index contributed by atoms with van der Waals surface area (Å²) in [5, 5.41) is 13.6. The summed E-state index contributed by atoms with van der Waals surface area (Å²) in [6.07, 6.45) is 5.50. The number of rotatable bonds is 8. The first-order valence-electron chi connectivity index (χ1n) is 14.9. The van der Waals surface area contributed by atoms with Crippen molar-refractivity contribution >= 4 is 22.6 Å². The minimum absolute atomic E-state index is 0.0951. The normalized spacial score (nSPS) is 17.2. The standard InChI is InChI=1S/C35H37N5O/c1-25-6-8-26(9-7-25)16-17-37-34-22-32(35(41)40-20-4-5-30(40)24-39-18-2-3-19-39)31-21-29(14-15-33(31)38-34)28-12-10-27(23-36)11-13-28/h6-15,21-22,30H,2-5,16-20,24H2,1H3,(H,37,38)/t30-/m0/s1. The zero-order chi connectivity index (χ0) is 28.2. The number of benzene rings is 3. The number of hydrogen-bond donors (Lipinski definition) is 1. The van der Waals surface area contributed by atoms with Gasteiger partial charge in [0.15, 0.2) is 0 Å². The smallest absolute Gasteiger partial charge is 0.254 e. The molecule has 6 nitrogen and oxygen atoms in total. The van der Waals surface area contributed by atoms with Gasteiger partial charge in [0.1, 0.15) is 5.82 Å². The lowest BCUT2D eigenvalue weighted by Gasteiger charge is -2.29. The fourth-order valence-electron chi connectivity index (χ4n) is 6.21. The van der Waals surface area contributed by atoms with Crippen LogP contribution in [0, 0.1) is 18.3 Å². The van der Waals surface area contributed by atoms with Crippen molar-refractivity contribution in [2.75, 3.05) is 38.0 Å². The molecule has 6 rings (SSSR count). The molecule has 3 aromatic carbocycles. The molecule has 41 heavy (non-hydrogen) atoms. The van der Waals surface area contributed by atoms with Crippen molar-refractivity contribution < 1.29 is 4.79 Å². The van der Waals surface area contributed by atoms with Crippen LogP contribution in [-0.2, 0) is 6.42 Å². The number of nitriles is 1. The van der Waals surface area contributed by atoms with Crippen LogP contribution < -0.4 is 5.32 Å². The van der Waals surface area contributed by atoms with Crippen LogP contribution in [0.15, 0.2) is 72.8 Å². The van der Waals surface area contributed by atoms with E-state index in [1.807, 2.05) is 42.5 Å². The molecule has 4 aromatic rings. The molecular formula is C35H37N5O. The molecule has 0 bridgehead atoms. The Morgan fingerprint density at radius 1 is 0.951 bits per heavy atom. The topological polar surface area (TPSA) is 72.3 Å². The van der Waals surface area contributed by atoms with Gasteiger partial charge in [-0.25, -0.2) is 4.98 Å². The van der Waals surface area contributed by atoms with Crippen molar-refractivity contribution in [3.8, 4) is 17.2 Å². The highest BCUT2D eigenvalue weighted by Gasteiger charge is 2.32. The SMILES string of the molecule is Cc1ccc(CCNc2cc(C(=O)N3CCC[C@H]3CN3CCCC3)c3cc(-c4ccc(C#N)cc4)ccc3n2)cc1. The van der Waals surface area contributed by atoms with E-state index in [1.54, 1.807) is 0 Å². The third-order valence-corrected chi connectivity index (χ3v) is 8.53. The summed E-state index contributed by atoms with van der Waals surface area (Å²) in [6, 6.07) is 26.7. The summed E-state index contributed by atoms with van der Waals surface area (Å²) in [7, 11) is 0. The van der Waals surface area contributed by atoms with Crippen LogP contribution in [-0.4, -0.2) is 59.5 Å². The molecule has 0 aliphatic carbocycles. The van der Waals surface area contributed by atoms with Crippen molar-refractivity contribution in [1.82, 2.24) is 14.8 Å². The minimum atomic E-state index is 0.0951. The molecule has 2 fully saturated rings. The van der Waals surface area contributed by atoms with Gasteiger partial charge in [-0.05, 0) is 99.1 Å². The Balaban J connectivity index is 1.32. The number of aryl methyl sites for hydroxylation is 1. The monoisotopic (exact) mass is 543 g/mol. The first-order chi connectivity index (χ1) is 20.1. The maximum atomic E-state index is 14.3. The quantitative estimate of drug-likeness (QED) is 0.277. The van der Waals surface area contributed by atoms with Gasteiger partial charge in [0.2, 0.25) is 0 Å². The minimum Gasteiger partial charge on any atom is -0.370 e. The highest BCUT2D eigenvalue weighted by atomic mass is 16.2. The number of nitrogens with zero attached hydrogens (tertiary/aromatic N) is 4. The molecule has 1 aromatic heterocycles. The Kier molecular flexibility index (Phi) is 7.98. The van der Waals surface area contributed by atoms with Gasteiger partial charge in [0.25, 0.3) is 5.91 Å². The van der Waals surface area contributed by atoms with E-state index >= 15 is 0 Å². The van der Waals surface area contributed by atoms with Crippen LogP contribution in [0.4, 0.5) is 5.82 Å². The molecule has 0 unspecified atom stereocenters. The first-order valence-corrected chi connectivity index (χ1v) is 14.9. The number of pyridine rings is 1. The zero-order valence-corrected chi connectivity index (χ0v) is 23.8. The van der Waals surface area contributed by atoms with E-state index in [0.717, 1.165) is 79.8 Å². The fraction of sp³-hybridized carbons (Fsp3) is 0.343. The van der Waals surface area contributed by atoms with Crippen molar-refractivity contribution in [1.29, 1.82) is 5.26 Å². The van der Waals surface area contributed by atoms with Gasteiger partial charge in [-0.15, -0.1) is 0 Å². The third kappa shape index (κ3) is 6.11. The predicted molar refractivity (Wildman–Crippen MR) is 165 cm³/mol. The Bertz CT molecular complexity index is 1570. The molecule has 2 aliphatic heterocycles. The third-order valence-electron chi connectivity index (χ3n) is 8.53. The number of fused-ring (bicyclic) bond motifs is 1. The molecule has 2 saturated heterocycles. The molecule has 6 heteroatoms. The summed E-state index contributed by atoms with van der Waals surface area (Å²) in [5.41, 5.74) is 6.69. The lowest BCUT2D eigenvalue weighted by molar-refractivity contribution is 0.0710. The average molecular weight is 544 g/mol. The van der Waals surface area contributed by atoms with Crippen LogP contribution in [0.5, 0.6) is 0 Å². The summed E-state index contributed by atoms with van der Waals surface area (Å²) in [4.78, 5) is 23.8. The highest BCUT2D eigenvalue weighted by molar-refractivity contribution is 6.08. The van der Waals surface area contributed by atoms with E-state index in [9.17, 15) is 10.1 Å². The largest absolute Gasteiger partial charge is 0.370 e. The average Bonchev–Trinajstić information content (AvgIpc) is 3.70. The lowest BCUT2D eigenvalue weighted by Crippen LogP contribution is -2.42. The summed E-state index contributed by atoms with van der Waals surface area (Å²) in [6.45, 7) is 6.88. The van der Waals surface area contributed by atoms with E-state index in [1.165, 1.54) is 24.0 Å².